The van der Waals surface area contributed by atoms with E-state index in [-0.39, 0.29) is 5.91 Å². The molecule has 1 amide bonds. The Bertz CT molecular complexity index is 840. The van der Waals surface area contributed by atoms with Crippen molar-refractivity contribution in [2.75, 3.05) is 5.32 Å². The first-order chi connectivity index (χ1) is 11.3. The van der Waals surface area contributed by atoms with Crippen molar-refractivity contribution in [3.05, 3.63) is 60.3 Å². The molecule has 4 rings (SSSR count). The normalized spacial score (nSPS) is 13.7. The molecule has 0 bridgehead atoms. The van der Waals surface area contributed by atoms with E-state index < -0.39 is 0 Å². The van der Waals surface area contributed by atoms with Gasteiger partial charge in [-0.2, -0.15) is 5.10 Å². The smallest absolute Gasteiger partial charge is 0.274 e. The van der Waals surface area contributed by atoms with Gasteiger partial charge in [-0.3, -0.25) is 9.89 Å². The van der Waals surface area contributed by atoms with Gasteiger partial charge in [-0.15, -0.1) is 0 Å². The third kappa shape index (κ3) is 2.96. The van der Waals surface area contributed by atoms with E-state index in [1.807, 2.05) is 30.3 Å². The van der Waals surface area contributed by atoms with E-state index in [9.17, 15) is 4.79 Å². The molecule has 6 heteroatoms. The lowest BCUT2D eigenvalue weighted by Gasteiger charge is -2.07. The molecular weight excluding hydrogens is 290 g/mol. The number of aromatic amines is 1. The van der Waals surface area contributed by atoms with Gasteiger partial charge in [0.2, 0.25) is 0 Å². The number of anilines is 1. The molecule has 1 aliphatic rings. The maximum absolute atomic E-state index is 12.4. The summed E-state index contributed by atoms with van der Waals surface area (Å²) >= 11 is 0. The Morgan fingerprint density at radius 2 is 2.09 bits per heavy atom. The minimum absolute atomic E-state index is 0.226. The molecule has 0 aliphatic heterocycles. The molecule has 1 fully saturated rings. The Kier molecular flexibility index (Phi) is 3.34. The minimum atomic E-state index is -0.226. The summed E-state index contributed by atoms with van der Waals surface area (Å²) in [5.74, 6) is 0.268. The van der Waals surface area contributed by atoms with Crippen molar-refractivity contribution in [1.29, 1.82) is 0 Å². The highest BCUT2D eigenvalue weighted by Crippen LogP contribution is 2.38. The van der Waals surface area contributed by atoms with Crippen LogP contribution in [0.4, 0.5) is 5.69 Å². The number of amides is 1. The van der Waals surface area contributed by atoms with Gasteiger partial charge in [-0.05, 0) is 37.1 Å². The number of benzene rings is 1. The lowest BCUT2D eigenvalue weighted by Crippen LogP contribution is -2.14. The zero-order valence-corrected chi connectivity index (χ0v) is 12.4. The topological polar surface area (TPSA) is 83.6 Å². The first-order valence-corrected chi connectivity index (χ1v) is 7.53. The average molecular weight is 305 g/mol. The number of nitrogens with zero attached hydrogens (tertiary/aromatic N) is 3. The summed E-state index contributed by atoms with van der Waals surface area (Å²) in [6.45, 7) is 0. The number of carbonyl (C=O) groups is 1. The molecule has 2 aromatic heterocycles. The van der Waals surface area contributed by atoms with Gasteiger partial charge in [0.1, 0.15) is 12.0 Å². The molecular formula is C17H15N5O. The summed E-state index contributed by atoms with van der Waals surface area (Å²) in [5.41, 5.74) is 3.93. The van der Waals surface area contributed by atoms with Gasteiger partial charge in [0.15, 0.2) is 0 Å². The van der Waals surface area contributed by atoms with Crippen LogP contribution in [0, 0.1) is 0 Å². The van der Waals surface area contributed by atoms with Gasteiger partial charge in [-0.25, -0.2) is 9.97 Å². The zero-order chi connectivity index (χ0) is 15.6. The van der Waals surface area contributed by atoms with Crippen molar-refractivity contribution in [3.8, 4) is 11.3 Å². The van der Waals surface area contributed by atoms with Gasteiger partial charge in [0.25, 0.3) is 5.91 Å². The van der Waals surface area contributed by atoms with E-state index in [1.165, 1.54) is 6.33 Å². The SMILES string of the molecule is O=C(Nc1cccc(-c2ccn[nH]2)c1)c1cc(C2CC2)ncn1. The number of rotatable bonds is 4. The molecule has 2 N–H and O–H groups in total. The van der Waals surface area contributed by atoms with E-state index in [0.717, 1.165) is 29.8 Å². The maximum atomic E-state index is 12.4. The van der Waals surface area contributed by atoms with Crippen LogP contribution >= 0.6 is 0 Å². The fraction of sp³-hybridized carbons (Fsp3) is 0.176. The van der Waals surface area contributed by atoms with Crippen molar-refractivity contribution in [2.24, 2.45) is 0 Å². The van der Waals surface area contributed by atoms with Crippen LogP contribution in [0.25, 0.3) is 11.3 Å². The number of hydrogen-bond donors (Lipinski definition) is 2. The molecule has 1 saturated carbocycles. The minimum Gasteiger partial charge on any atom is -0.321 e. The Morgan fingerprint density at radius 3 is 2.87 bits per heavy atom. The van der Waals surface area contributed by atoms with Crippen LogP contribution in [0.5, 0.6) is 0 Å². The second-order valence-corrected chi connectivity index (χ2v) is 5.61. The second-order valence-electron chi connectivity index (χ2n) is 5.61. The van der Waals surface area contributed by atoms with Crippen LogP contribution in [0.1, 0.15) is 34.9 Å². The number of hydrogen-bond acceptors (Lipinski definition) is 4. The van der Waals surface area contributed by atoms with Gasteiger partial charge in [0, 0.05) is 29.1 Å². The number of nitrogens with one attached hydrogen (secondary N) is 2. The molecule has 23 heavy (non-hydrogen) atoms. The predicted molar refractivity (Wildman–Crippen MR) is 86.0 cm³/mol. The Hall–Kier alpha value is -3.02. The molecule has 1 aliphatic carbocycles. The highest BCUT2D eigenvalue weighted by molar-refractivity contribution is 6.03. The highest BCUT2D eigenvalue weighted by Gasteiger charge is 2.25. The summed E-state index contributed by atoms with van der Waals surface area (Å²) < 4.78 is 0. The van der Waals surface area contributed by atoms with Crippen LogP contribution in [0.15, 0.2) is 48.9 Å². The number of aromatic nitrogens is 4. The van der Waals surface area contributed by atoms with Gasteiger partial charge in [0.05, 0.1) is 5.69 Å². The molecule has 0 unspecified atom stereocenters. The molecule has 2 heterocycles. The van der Waals surface area contributed by atoms with Crippen molar-refractivity contribution >= 4 is 11.6 Å². The fourth-order valence-corrected chi connectivity index (χ4v) is 2.48. The third-order valence-corrected chi connectivity index (χ3v) is 3.85. The molecule has 114 valence electrons. The molecule has 0 radical (unpaired) electrons. The van der Waals surface area contributed by atoms with Crippen molar-refractivity contribution < 1.29 is 4.79 Å². The zero-order valence-electron chi connectivity index (χ0n) is 12.4. The van der Waals surface area contributed by atoms with E-state index >= 15 is 0 Å². The van der Waals surface area contributed by atoms with Crippen molar-refractivity contribution in [1.82, 2.24) is 20.2 Å². The molecule has 3 aromatic rings. The molecule has 0 atom stereocenters. The molecule has 6 nitrogen and oxygen atoms in total. The summed E-state index contributed by atoms with van der Waals surface area (Å²) in [6, 6.07) is 11.3. The van der Waals surface area contributed by atoms with Gasteiger partial charge in [-0.1, -0.05) is 12.1 Å². The lowest BCUT2D eigenvalue weighted by atomic mass is 10.1. The second kappa shape index (κ2) is 5.64. The Labute approximate surface area is 133 Å². The Morgan fingerprint density at radius 1 is 1.17 bits per heavy atom. The fourth-order valence-electron chi connectivity index (χ4n) is 2.48. The lowest BCUT2D eigenvalue weighted by molar-refractivity contribution is 0.102. The third-order valence-electron chi connectivity index (χ3n) is 3.85. The van der Waals surface area contributed by atoms with Crippen LogP contribution < -0.4 is 5.32 Å². The van der Waals surface area contributed by atoms with Gasteiger partial charge < -0.3 is 5.32 Å². The highest BCUT2D eigenvalue weighted by atomic mass is 16.1. The van der Waals surface area contributed by atoms with Crippen LogP contribution in [-0.4, -0.2) is 26.1 Å². The quantitative estimate of drug-likeness (QED) is 0.776. The van der Waals surface area contributed by atoms with Crippen LogP contribution in [0.2, 0.25) is 0 Å². The van der Waals surface area contributed by atoms with Gasteiger partial charge >= 0.3 is 0 Å². The monoisotopic (exact) mass is 305 g/mol. The summed E-state index contributed by atoms with van der Waals surface area (Å²) in [4.78, 5) is 20.7. The van der Waals surface area contributed by atoms with E-state index in [2.05, 4.69) is 25.5 Å². The summed E-state index contributed by atoms with van der Waals surface area (Å²) in [5, 5.41) is 9.73. The molecule has 0 spiro atoms. The standard InChI is InChI=1S/C17H15N5O/c23-17(16-9-15(11-4-5-11)18-10-19-16)21-13-3-1-2-12(8-13)14-6-7-20-22-14/h1-3,6-11H,4-5H2,(H,20,22)(H,21,23). The van der Waals surface area contributed by atoms with Crippen molar-refractivity contribution in [3.63, 3.8) is 0 Å². The van der Waals surface area contributed by atoms with Crippen LogP contribution in [-0.2, 0) is 0 Å². The maximum Gasteiger partial charge on any atom is 0.274 e. The van der Waals surface area contributed by atoms with E-state index in [4.69, 9.17) is 0 Å². The first-order valence-electron chi connectivity index (χ1n) is 7.53. The molecule has 1 aromatic carbocycles. The number of carbonyl (C=O) groups excluding carboxylic acids is 1. The average Bonchev–Trinajstić information content (AvgIpc) is 3.29. The Balaban J connectivity index is 1.54. The number of H-pyrrole nitrogens is 1. The van der Waals surface area contributed by atoms with Crippen molar-refractivity contribution in [2.45, 2.75) is 18.8 Å². The summed E-state index contributed by atoms with van der Waals surface area (Å²) in [6.07, 6.45) is 5.44. The first kappa shape index (κ1) is 13.6. The summed E-state index contributed by atoms with van der Waals surface area (Å²) in [7, 11) is 0. The predicted octanol–water partition coefficient (Wildman–Crippen LogP) is 3.00. The largest absolute Gasteiger partial charge is 0.321 e. The van der Waals surface area contributed by atoms with E-state index in [1.54, 1.807) is 12.3 Å². The molecule has 0 saturated heterocycles. The van der Waals surface area contributed by atoms with Crippen LogP contribution in [0.3, 0.4) is 0 Å². The van der Waals surface area contributed by atoms with E-state index in [0.29, 0.717) is 17.3 Å².